The van der Waals surface area contributed by atoms with Crippen molar-refractivity contribution in [2.75, 3.05) is 26.2 Å². The number of amides is 1. The maximum atomic E-state index is 12.8. The van der Waals surface area contributed by atoms with Crippen LogP contribution < -0.4 is 0 Å². The molecule has 8 heteroatoms. The lowest BCUT2D eigenvalue weighted by atomic mass is 10.2. The monoisotopic (exact) mass is 341 g/mol. The Morgan fingerprint density at radius 3 is 3.08 bits per heavy atom. The highest BCUT2D eigenvalue weighted by atomic mass is 16.3. The minimum atomic E-state index is -0.599. The Kier molecular flexibility index (Phi) is 4.21. The molecule has 4 heterocycles. The zero-order valence-corrected chi connectivity index (χ0v) is 13.7. The number of fused-ring (bicyclic) bond motifs is 1. The molecular formula is C17H19N5O3. The van der Waals surface area contributed by atoms with Gasteiger partial charge in [-0.2, -0.15) is 0 Å². The number of aromatic nitrogens is 3. The molecule has 3 aromatic rings. The number of pyridine rings is 1. The van der Waals surface area contributed by atoms with Crippen LogP contribution >= 0.6 is 0 Å². The van der Waals surface area contributed by atoms with Gasteiger partial charge in [-0.25, -0.2) is 0 Å². The van der Waals surface area contributed by atoms with Gasteiger partial charge in [0.05, 0.1) is 18.9 Å². The van der Waals surface area contributed by atoms with E-state index >= 15 is 0 Å². The molecule has 0 saturated carbocycles. The largest absolute Gasteiger partial charge is 0.468 e. The molecule has 3 aromatic heterocycles. The Bertz CT molecular complexity index is 860. The van der Waals surface area contributed by atoms with Crippen molar-refractivity contribution in [3.63, 3.8) is 0 Å². The predicted octanol–water partition coefficient (Wildman–Crippen LogP) is 0.641. The summed E-state index contributed by atoms with van der Waals surface area (Å²) in [7, 11) is 0. The summed E-state index contributed by atoms with van der Waals surface area (Å²) in [4.78, 5) is 16.6. The highest BCUT2D eigenvalue weighted by Crippen LogP contribution is 2.13. The van der Waals surface area contributed by atoms with Crippen LogP contribution in [0.15, 0.2) is 47.5 Å². The highest BCUT2D eigenvalue weighted by molar-refractivity contribution is 5.95. The molecule has 0 bridgehead atoms. The predicted molar refractivity (Wildman–Crippen MR) is 88.9 cm³/mol. The number of β-amino-alcohol motifs (C(OH)–C–C–N with tert-alkyl or cyclic N) is 1. The number of aliphatic hydroxyl groups excluding tert-OH is 1. The molecule has 0 unspecified atom stereocenters. The molecule has 0 aliphatic carbocycles. The third-order valence-corrected chi connectivity index (χ3v) is 4.38. The van der Waals surface area contributed by atoms with Gasteiger partial charge < -0.3 is 14.4 Å². The normalized spacial score (nSPS) is 19.2. The lowest BCUT2D eigenvalue weighted by molar-refractivity contribution is 0.0662. The van der Waals surface area contributed by atoms with Crippen LogP contribution in [0.3, 0.4) is 0 Å². The van der Waals surface area contributed by atoms with Gasteiger partial charge in [0.1, 0.15) is 12.1 Å². The summed E-state index contributed by atoms with van der Waals surface area (Å²) in [5, 5.41) is 18.1. The minimum absolute atomic E-state index is 0.107. The summed E-state index contributed by atoms with van der Waals surface area (Å²) >= 11 is 0. The first-order valence-corrected chi connectivity index (χ1v) is 8.20. The van der Waals surface area contributed by atoms with E-state index in [2.05, 4.69) is 15.1 Å². The molecule has 25 heavy (non-hydrogen) atoms. The van der Waals surface area contributed by atoms with Crippen molar-refractivity contribution in [1.29, 1.82) is 0 Å². The van der Waals surface area contributed by atoms with Crippen LogP contribution in [0.25, 0.3) is 5.65 Å². The maximum absolute atomic E-state index is 12.8. The summed E-state index contributed by atoms with van der Waals surface area (Å²) in [5.41, 5.74) is 1.17. The minimum Gasteiger partial charge on any atom is -0.468 e. The van der Waals surface area contributed by atoms with Gasteiger partial charge in [0, 0.05) is 37.9 Å². The summed E-state index contributed by atoms with van der Waals surface area (Å²) in [6, 6.07) is 7.22. The highest BCUT2D eigenvalue weighted by Gasteiger charge is 2.25. The number of rotatable bonds is 3. The van der Waals surface area contributed by atoms with Crippen LogP contribution in [0.1, 0.15) is 16.1 Å². The van der Waals surface area contributed by atoms with E-state index in [9.17, 15) is 9.90 Å². The second-order valence-corrected chi connectivity index (χ2v) is 6.23. The number of furan rings is 1. The lowest BCUT2D eigenvalue weighted by Crippen LogP contribution is -2.37. The standard InChI is InChI=1S/C17H19N5O3/c23-14-9-20(11-15-2-1-7-25-15)5-6-21(10-14)17(24)13-3-4-22-12-18-19-16(22)8-13/h1-4,7-8,12,14,23H,5-6,9-11H2/t14-/m0/s1. The van der Waals surface area contributed by atoms with Gasteiger partial charge >= 0.3 is 0 Å². The molecule has 1 aliphatic rings. The number of carbonyl (C=O) groups is 1. The van der Waals surface area contributed by atoms with Gasteiger partial charge in [-0.3, -0.25) is 14.1 Å². The summed E-state index contributed by atoms with van der Waals surface area (Å²) in [5.74, 6) is 0.744. The number of aliphatic hydroxyl groups is 1. The molecule has 1 amide bonds. The average molecular weight is 341 g/mol. The molecule has 0 aromatic carbocycles. The maximum Gasteiger partial charge on any atom is 0.254 e. The number of hydrogen-bond donors (Lipinski definition) is 1. The number of nitrogens with zero attached hydrogens (tertiary/aromatic N) is 5. The second-order valence-electron chi connectivity index (χ2n) is 6.23. The van der Waals surface area contributed by atoms with E-state index in [-0.39, 0.29) is 5.91 Å². The van der Waals surface area contributed by atoms with E-state index in [4.69, 9.17) is 4.42 Å². The Morgan fingerprint density at radius 1 is 1.32 bits per heavy atom. The first kappa shape index (κ1) is 15.8. The SMILES string of the molecule is O=C(c1ccn2cnnc2c1)N1CCN(Cc2ccco2)C[C@H](O)C1. The van der Waals surface area contributed by atoms with Gasteiger partial charge in [0.25, 0.3) is 5.91 Å². The van der Waals surface area contributed by atoms with Gasteiger partial charge in [0.2, 0.25) is 0 Å². The van der Waals surface area contributed by atoms with Crippen molar-refractivity contribution in [1.82, 2.24) is 24.4 Å². The van der Waals surface area contributed by atoms with Crippen LogP contribution in [0.5, 0.6) is 0 Å². The van der Waals surface area contributed by atoms with Gasteiger partial charge in [-0.1, -0.05) is 0 Å². The first-order valence-electron chi connectivity index (χ1n) is 8.20. The van der Waals surface area contributed by atoms with Crippen molar-refractivity contribution < 1.29 is 14.3 Å². The quantitative estimate of drug-likeness (QED) is 0.752. The number of hydrogen-bond acceptors (Lipinski definition) is 6. The third kappa shape index (κ3) is 3.40. The summed E-state index contributed by atoms with van der Waals surface area (Å²) in [6.45, 7) is 2.67. The lowest BCUT2D eigenvalue weighted by Gasteiger charge is -2.21. The Hall–Kier alpha value is -2.71. The van der Waals surface area contributed by atoms with E-state index in [1.807, 2.05) is 12.1 Å². The molecular weight excluding hydrogens is 322 g/mol. The third-order valence-electron chi connectivity index (χ3n) is 4.38. The van der Waals surface area contributed by atoms with Crippen molar-refractivity contribution in [3.8, 4) is 0 Å². The zero-order chi connectivity index (χ0) is 17.2. The Labute approximate surface area is 144 Å². The molecule has 1 fully saturated rings. The van der Waals surface area contributed by atoms with Crippen LogP contribution in [0, 0.1) is 0 Å². The molecule has 1 aliphatic heterocycles. The molecule has 1 N–H and O–H groups in total. The topological polar surface area (TPSA) is 87.1 Å². The van der Waals surface area contributed by atoms with Crippen LogP contribution in [-0.4, -0.2) is 67.7 Å². The fraction of sp³-hybridized carbons (Fsp3) is 0.353. The summed E-state index contributed by atoms with van der Waals surface area (Å²) in [6.07, 6.45) is 4.39. The Morgan fingerprint density at radius 2 is 2.24 bits per heavy atom. The second kappa shape index (κ2) is 6.66. The molecule has 130 valence electrons. The van der Waals surface area contributed by atoms with Crippen molar-refractivity contribution in [3.05, 3.63) is 54.4 Å². The fourth-order valence-electron chi connectivity index (χ4n) is 3.14. The van der Waals surface area contributed by atoms with E-state index in [0.717, 1.165) is 5.76 Å². The molecule has 0 spiro atoms. The number of carbonyl (C=O) groups excluding carboxylic acids is 1. The first-order chi connectivity index (χ1) is 12.2. The van der Waals surface area contributed by atoms with Gasteiger partial charge in [-0.15, -0.1) is 10.2 Å². The van der Waals surface area contributed by atoms with Crippen molar-refractivity contribution in [2.45, 2.75) is 12.6 Å². The average Bonchev–Trinajstić information content (AvgIpc) is 3.24. The van der Waals surface area contributed by atoms with Crippen molar-refractivity contribution >= 4 is 11.6 Å². The van der Waals surface area contributed by atoms with Gasteiger partial charge in [-0.05, 0) is 24.3 Å². The van der Waals surface area contributed by atoms with E-state index in [0.29, 0.717) is 43.9 Å². The summed E-state index contributed by atoms with van der Waals surface area (Å²) < 4.78 is 7.12. The molecule has 0 radical (unpaired) electrons. The molecule has 4 rings (SSSR count). The van der Waals surface area contributed by atoms with E-state index in [1.54, 1.807) is 40.2 Å². The Balaban J connectivity index is 1.47. The molecule has 1 atom stereocenters. The van der Waals surface area contributed by atoms with E-state index in [1.165, 1.54) is 0 Å². The van der Waals surface area contributed by atoms with E-state index < -0.39 is 6.10 Å². The van der Waals surface area contributed by atoms with Crippen molar-refractivity contribution in [2.24, 2.45) is 0 Å². The molecule has 1 saturated heterocycles. The van der Waals surface area contributed by atoms with Crippen LogP contribution in [-0.2, 0) is 6.54 Å². The smallest absolute Gasteiger partial charge is 0.254 e. The zero-order valence-electron chi connectivity index (χ0n) is 13.7. The van der Waals surface area contributed by atoms with Gasteiger partial charge in [0.15, 0.2) is 5.65 Å². The van der Waals surface area contributed by atoms with Crippen LogP contribution in [0.4, 0.5) is 0 Å². The molecule has 8 nitrogen and oxygen atoms in total. The van der Waals surface area contributed by atoms with Crippen LogP contribution in [0.2, 0.25) is 0 Å². The fourth-order valence-corrected chi connectivity index (χ4v) is 3.14.